The number of nitrogens with one attached hydrogen (secondary N) is 1. The second-order valence-electron chi connectivity index (χ2n) is 6.32. The van der Waals surface area contributed by atoms with Gasteiger partial charge in [0.2, 0.25) is 0 Å². The van der Waals surface area contributed by atoms with E-state index in [0.29, 0.717) is 29.4 Å². The van der Waals surface area contributed by atoms with E-state index < -0.39 is 17.8 Å². The van der Waals surface area contributed by atoms with Gasteiger partial charge in [0.15, 0.2) is 11.5 Å². The molecule has 1 aliphatic heterocycles. The molecular formula is C21H18BrIN2O5. The van der Waals surface area contributed by atoms with Crippen LogP contribution in [0.25, 0.3) is 6.08 Å². The molecule has 1 fully saturated rings. The lowest BCUT2D eigenvalue weighted by Gasteiger charge is -2.26. The van der Waals surface area contributed by atoms with Crippen LogP contribution in [0.4, 0.5) is 10.5 Å². The number of anilines is 1. The van der Waals surface area contributed by atoms with Crippen molar-refractivity contribution in [2.45, 2.75) is 13.3 Å². The third kappa shape index (κ3) is 4.67. The SMILES string of the molecule is CCCOc1c(I)cc(/C=C2\C(=O)NC(=O)N(c3ccc(Br)cc3)C2=O)cc1OC. The number of methoxy groups -OCH3 is 1. The number of carbonyl (C=O) groups excluding carboxylic acids is 3. The van der Waals surface area contributed by atoms with E-state index >= 15 is 0 Å². The number of amides is 4. The van der Waals surface area contributed by atoms with Gasteiger partial charge in [-0.05, 0) is 77.0 Å². The third-order valence-corrected chi connectivity index (χ3v) is 5.53. The first-order valence-corrected chi connectivity index (χ1v) is 10.9. The van der Waals surface area contributed by atoms with Gasteiger partial charge < -0.3 is 9.47 Å². The lowest BCUT2D eigenvalue weighted by Crippen LogP contribution is -2.54. The van der Waals surface area contributed by atoms with E-state index in [1.54, 1.807) is 36.4 Å². The van der Waals surface area contributed by atoms with E-state index in [0.717, 1.165) is 19.4 Å². The molecule has 4 amide bonds. The second-order valence-corrected chi connectivity index (χ2v) is 8.39. The Labute approximate surface area is 195 Å². The number of carbonyl (C=O) groups is 3. The number of imide groups is 2. The van der Waals surface area contributed by atoms with Gasteiger partial charge in [-0.1, -0.05) is 22.9 Å². The molecule has 7 nitrogen and oxygen atoms in total. The van der Waals surface area contributed by atoms with Crippen molar-refractivity contribution in [1.82, 2.24) is 5.32 Å². The first-order valence-electron chi connectivity index (χ1n) is 9.03. The predicted molar refractivity (Wildman–Crippen MR) is 125 cm³/mol. The fourth-order valence-electron chi connectivity index (χ4n) is 2.82. The molecule has 3 rings (SSSR count). The lowest BCUT2D eigenvalue weighted by atomic mass is 10.1. The number of urea groups is 1. The summed E-state index contributed by atoms with van der Waals surface area (Å²) in [7, 11) is 1.52. The molecule has 0 aliphatic carbocycles. The van der Waals surface area contributed by atoms with Gasteiger partial charge in [-0.15, -0.1) is 0 Å². The van der Waals surface area contributed by atoms with Gasteiger partial charge >= 0.3 is 6.03 Å². The Kier molecular flexibility index (Phi) is 7.14. The van der Waals surface area contributed by atoms with Gasteiger partial charge in [-0.3, -0.25) is 14.9 Å². The Morgan fingerprint density at radius 1 is 1.17 bits per heavy atom. The first-order chi connectivity index (χ1) is 14.3. The van der Waals surface area contributed by atoms with Crippen molar-refractivity contribution in [1.29, 1.82) is 0 Å². The van der Waals surface area contributed by atoms with E-state index in [9.17, 15) is 14.4 Å². The minimum Gasteiger partial charge on any atom is -0.493 e. The Balaban J connectivity index is 2.00. The zero-order valence-corrected chi connectivity index (χ0v) is 19.9. The van der Waals surface area contributed by atoms with E-state index in [-0.39, 0.29) is 5.57 Å². The van der Waals surface area contributed by atoms with E-state index in [2.05, 4.69) is 43.8 Å². The fraction of sp³-hybridized carbons (Fsp3) is 0.190. The number of ether oxygens (including phenoxy) is 2. The van der Waals surface area contributed by atoms with Crippen molar-refractivity contribution in [3.8, 4) is 11.5 Å². The zero-order chi connectivity index (χ0) is 21.8. The molecule has 2 aromatic rings. The summed E-state index contributed by atoms with van der Waals surface area (Å²) in [6.45, 7) is 2.54. The molecule has 0 aromatic heterocycles. The second kappa shape index (κ2) is 9.61. The molecule has 1 N–H and O–H groups in total. The van der Waals surface area contributed by atoms with Crippen LogP contribution in [-0.4, -0.2) is 31.6 Å². The van der Waals surface area contributed by atoms with Crippen LogP contribution in [0.1, 0.15) is 18.9 Å². The Bertz CT molecular complexity index is 1040. The van der Waals surface area contributed by atoms with Crippen LogP contribution in [0.5, 0.6) is 11.5 Å². The van der Waals surface area contributed by atoms with Crippen molar-refractivity contribution < 1.29 is 23.9 Å². The number of barbiturate groups is 1. The number of halogens is 2. The first kappa shape index (κ1) is 22.3. The fourth-order valence-corrected chi connectivity index (χ4v) is 3.86. The summed E-state index contributed by atoms with van der Waals surface area (Å²) >= 11 is 5.43. The summed E-state index contributed by atoms with van der Waals surface area (Å²) in [6, 6.07) is 9.31. The van der Waals surface area contributed by atoms with Crippen LogP contribution >= 0.6 is 38.5 Å². The highest BCUT2D eigenvalue weighted by atomic mass is 127. The van der Waals surface area contributed by atoms with Crippen molar-refractivity contribution in [3.63, 3.8) is 0 Å². The summed E-state index contributed by atoms with van der Waals surface area (Å²) in [5.41, 5.74) is 0.774. The van der Waals surface area contributed by atoms with Crippen LogP contribution in [0.2, 0.25) is 0 Å². The average Bonchev–Trinajstić information content (AvgIpc) is 2.71. The summed E-state index contributed by atoms with van der Waals surface area (Å²) in [4.78, 5) is 38.6. The number of benzene rings is 2. The van der Waals surface area contributed by atoms with Gasteiger partial charge in [0.05, 0.1) is 23.0 Å². The Morgan fingerprint density at radius 2 is 1.87 bits per heavy atom. The van der Waals surface area contributed by atoms with Gasteiger partial charge in [0, 0.05) is 4.47 Å². The molecule has 0 spiro atoms. The number of rotatable bonds is 6. The Morgan fingerprint density at radius 3 is 2.50 bits per heavy atom. The van der Waals surface area contributed by atoms with Crippen molar-refractivity contribution in [2.75, 3.05) is 18.6 Å². The molecule has 0 saturated carbocycles. The highest BCUT2D eigenvalue weighted by molar-refractivity contribution is 14.1. The molecule has 1 heterocycles. The molecule has 1 aliphatic rings. The highest BCUT2D eigenvalue weighted by Gasteiger charge is 2.36. The zero-order valence-electron chi connectivity index (χ0n) is 16.2. The van der Waals surface area contributed by atoms with Crippen molar-refractivity contribution >= 4 is 68.1 Å². The summed E-state index contributed by atoms with van der Waals surface area (Å²) in [6.07, 6.45) is 2.28. The van der Waals surface area contributed by atoms with Gasteiger partial charge in [-0.2, -0.15) is 0 Å². The smallest absolute Gasteiger partial charge is 0.335 e. The summed E-state index contributed by atoms with van der Waals surface area (Å²) in [5.74, 6) is -0.357. The molecule has 9 heteroatoms. The molecule has 30 heavy (non-hydrogen) atoms. The number of hydrogen-bond donors (Lipinski definition) is 1. The standard InChI is InChI=1S/C21H18BrIN2O5/c1-3-8-30-18-16(23)10-12(11-17(18)29-2)9-15-19(26)24-21(28)25(20(15)27)14-6-4-13(22)5-7-14/h4-7,9-11H,3,8H2,1-2H3,(H,24,26,28)/b15-9+. The molecule has 0 radical (unpaired) electrons. The quantitative estimate of drug-likeness (QED) is 0.307. The van der Waals surface area contributed by atoms with Crippen molar-refractivity contribution in [2.24, 2.45) is 0 Å². The molecule has 0 bridgehead atoms. The maximum Gasteiger partial charge on any atom is 0.335 e. The molecule has 0 unspecified atom stereocenters. The summed E-state index contributed by atoms with van der Waals surface area (Å²) in [5, 5.41) is 2.22. The maximum absolute atomic E-state index is 13.0. The van der Waals surface area contributed by atoms with Gasteiger partial charge in [0.1, 0.15) is 5.57 Å². The average molecular weight is 585 g/mol. The normalized spacial score (nSPS) is 15.4. The van der Waals surface area contributed by atoms with Gasteiger partial charge in [-0.25, -0.2) is 9.69 Å². The Hall–Kier alpha value is -2.40. The minimum atomic E-state index is -0.792. The topological polar surface area (TPSA) is 84.9 Å². The maximum atomic E-state index is 13.0. The van der Waals surface area contributed by atoms with E-state index in [1.165, 1.54) is 13.2 Å². The number of nitrogens with zero attached hydrogens (tertiary/aromatic N) is 1. The van der Waals surface area contributed by atoms with Crippen LogP contribution in [-0.2, 0) is 9.59 Å². The molecule has 0 atom stereocenters. The third-order valence-electron chi connectivity index (χ3n) is 4.20. The number of hydrogen-bond acceptors (Lipinski definition) is 5. The van der Waals surface area contributed by atoms with Crippen LogP contribution in [0.15, 0.2) is 46.4 Å². The van der Waals surface area contributed by atoms with E-state index in [1.807, 2.05) is 6.92 Å². The predicted octanol–water partition coefficient (Wildman–Crippen LogP) is 4.52. The van der Waals surface area contributed by atoms with Crippen LogP contribution in [0, 0.1) is 3.57 Å². The van der Waals surface area contributed by atoms with Gasteiger partial charge in [0.25, 0.3) is 11.8 Å². The largest absolute Gasteiger partial charge is 0.493 e. The molecule has 2 aromatic carbocycles. The highest BCUT2D eigenvalue weighted by Crippen LogP contribution is 2.35. The van der Waals surface area contributed by atoms with Crippen LogP contribution in [0.3, 0.4) is 0 Å². The van der Waals surface area contributed by atoms with Crippen LogP contribution < -0.4 is 19.7 Å². The monoisotopic (exact) mass is 584 g/mol. The van der Waals surface area contributed by atoms with Crippen molar-refractivity contribution in [3.05, 3.63) is 55.6 Å². The minimum absolute atomic E-state index is 0.155. The van der Waals surface area contributed by atoms with E-state index in [4.69, 9.17) is 9.47 Å². The summed E-state index contributed by atoms with van der Waals surface area (Å²) < 4.78 is 12.7. The molecular weight excluding hydrogens is 567 g/mol. The lowest BCUT2D eigenvalue weighted by molar-refractivity contribution is -0.122. The molecule has 1 saturated heterocycles. The molecule has 156 valence electrons.